The van der Waals surface area contributed by atoms with E-state index in [1.54, 1.807) is 0 Å². The molecule has 1 unspecified atom stereocenters. The molecule has 1 aliphatic rings. The molecule has 1 fully saturated rings. The lowest BCUT2D eigenvalue weighted by Gasteiger charge is -2.21. The van der Waals surface area contributed by atoms with Gasteiger partial charge in [0.1, 0.15) is 0 Å². The molecular formula is C12H23NO. The second-order valence-electron chi connectivity index (χ2n) is 4.74. The lowest BCUT2D eigenvalue weighted by molar-refractivity contribution is -0.121. The summed E-state index contributed by atoms with van der Waals surface area (Å²) in [5, 5.41) is 0. The van der Waals surface area contributed by atoms with Gasteiger partial charge in [-0.3, -0.25) is 4.79 Å². The van der Waals surface area contributed by atoms with Crippen LogP contribution in [0, 0.1) is 11.8 Å². The third-order valence-electron chi connectivity index (χ3n) is 3.46. The minimum absolute atomic E-state index is 0.0681. The van der Waals surface area contributed by atoms with Crippen LogP contribution in [0.1, 0.15) is 58.3 Å². The number of carbonyl (C=O) groups is 1. The zero-order chi connectivity index (χ0) is 10.4. The first-order valence-electron chi connectivity index (χ1n) is 5.99. The number of rotatable bonds is 5. The smallest absolute Gasteiger partial charge is 0.220 e. The van der Waals surface area contributed by atoms with Crippen LogP contribution in [0.5, 0.6) is 0 Å². The van der Waals surface area contributed by atoms with Crippen molar-refractivity contribution < 1.29 is 4.79 Å². The van der Waals surface area contributed by atoms with E-state index in [0.29, 0.717) is 0 Å². The zero-order valence-corrected chi connectivity index (χ0v) is 9.30. The van der Waals surface area contributed by atoms with Gasteiger partial charge < -0.3 is 5.73 Å². The molecule has 1 atom stereocenters. The Hall–Kier alpha value is -0.530. The second-order valence-corrected chi connectivity index (χ2v) is 4.74. The van der Waals surface area contributed by atoms with E-state index in [2.05, 4.69) is 0 Å². The number of amides is 1. The highest BCUT2D eigenvalue weighted by Gasteiger charge is 2.14. The Balaban J connectivity index is 2.05. The van der Waals surface area contributed by atoms with Crippen molar-refractivity contribution in [3.63, 3.8) is 0 Å². The maximum Gasteiger partial charge on any atom is 0.220 e. The van der Waals surface area contributed by atoms with Crippen LogP contribution in [-0.4, -0.2) is 5.91 Å². The first kappa shape index (κ1) is 11.5. The van der Waals surface area contributed by atoms with E-state index in [0.717, 1.165) is 12.3 Å². The summed E-state index contributed by atoms with van der Waals surface area (Å²) in [4.78, 5) is 10.8. The van der Waals surface area contributed by atoms with Gasteiger partial charge in [-0.25, -0.2) is 0 Å². The van der Waals surface area contributed by atoms with Gasteiger partial charge in [-0.05, 0) is 12.3 Å². The molecule has 2 heteroatoms. The van der Waals surface area contributed by atoms with Crippen molar-refractivity contribution in [3.8, 4) is 0 Å². The van der Waals surface area contributed by atoms with E-state index in [9.17, 15) is 4.79 Å². The van der Waals surface area contributed by atoms with Crippen LogP contribution >= 0.6 is 0 Å². The van der Waals surface area contributed by atoms with E-state index in [1.165, 1.54) is 44.9 Å². The molecule has 14 heavy (non-hydrogen) atoms. The van der Waals surface area contributed by atoms with Gasteiger partial charge in [0.25, 0.3) is 0 Å². The molecule has 0 heterocycles. The van der Waals surface area contributed by atoms with Crippen molar-refractivity contribution >= 4 is 5.91 Å². The molecule has 1 rings (SSSR count). The molecule has 1 amide bonds. The average Bonchev–Trinajstić information content (AvgIpc) is 2.19. The topological polar surface area (TPSA) is 43.1 Å². The Morgan fingerprint density at radius 2 is 2.00 bits per heavy atom. The van der Waals surface area contributed by atoms with E-state index in [4.69, 9.17) is 5.73 Å². The largest absolute Gasteiger partial charge is 0.369 e. The lowest BCUT2D eigenvalue weighted by atomic mass is 9.85. The quantitative estimate of drug-likeness (QED) is 0.723. The monoisotopic (exact) mass is 197 g/mol. The van der Waals surface area contributed by atoms with Crippen molar-refractivity contribution in [2.24, 2.45) is 17.6 Å². The number of hydrogen-bond acceptors (Lipinski definition) is 1. The van der Waals surface area contributed by atoms with Gasteiger partial charge in [0.2, 0.25) is 5.91 Å². The standard InChI is InChI=1S/C12H23NO/c1-10(12(13)14)6-5-9-11-7-3-2-4-8-11/h10-11H,2-9H2,1H3,(H2,13,14). The van der Waals surface area contributed by atoms with Crippen LogP contribution in [0.4, 0.5) is 0 Å². The Kier molecular flexibility index (Phi) is 4.99. The van der Waals surface area contributed by atoms with Gasteiger partial charge in [0.05, 0.1) is 0 Å². The van der Waals surface area contributed by atoms with Gasteiger partial charge in [0.15, 0.2) is 0 Å². The molecule has 1 saturated carbocycles. The van der Waals surface area contributed by atoms with E-state index in [1.807, 2.05) is 6.92 Å². The van der Waals surface area contributed by atoms with E-state index < -0.39 is 0 Å². The van der Waals surface area contributed by atoms with Crippen LogP contribution in [0.2, 0.25) is 0 Å². The van der Waals surface area contributed by atoms with Crippen molar-refractivity contribution in [2.75, 3.05) is 0 Å². The predicted octanol–water partition coefficient (Wildman–Crippen LogP) is 2.86. The Morgan fingerprint density at radius 3 is 2.57 bits per heavy atom. The maximum atomic E-state index is 10.8. The molecule has 0 bridgehead atoms. The summed E-state index contributed by atoms with van der Waals surface area (Å²) in [5.41, 5.74) is 5.22. The first-order valence-corrected chi connectivity index (χ1v) is 5.99. The molecule has 1 aliphatic carbocycles. The third kappa shape index (κ3) is 4.12. The van der Waals surface area contributed by atoms with Crippen molar-refractivity contribution in [1.82, 2.24) is 0 Å². The molecule has 2 N–H and O–H groups in total. The van der Waals surface area contributed by atoms with E-state index in [-0.39, 0.29) is 11.8 Å². The van der Waals surface area contributed by atoms with Gasteiger partial charge in [-0.2, -0.15) is 0 Å². The lowest BCUT2D eigenvalue weighted by Crippen LogP contribution is -2.20. The Labute approximate surface area is 87.2 Å². The van der Waals surface area contributed by atoms with E-state index >= 15 is 0 Å². The van der Waals surface area contributed by atoms with Crippen molar-refractivity contribution in [1.29, 1.82) is 0 Å². The fraction of sp³-hybridized carbons (Fsp3) is 0.917. The first-order chi connectivity index (χ1) is 6.70. The van der Waals surface area contributed by atoms with Crippen LogP contribution in [0.3, 0.4) is 0 Å². The minimum Gasteiger partial charge on any atom is -0.369 e. The number of primary amides is 1. The Bertz CT molecular complexity index is 173. The highest BCUT2D eigenvalue weighted by Crippen LogP contribution is 2.28. The normalized spacial score (nSPS) is 20.6. The zero-order valence-electron chi connectivity index (χ0n) is 9.30. The van der Waals surface area contributed by atoms with Gasteiger partial charge >= 0.3 is 0 Å². The Morgan fingerprint density at radius 1 is 1.36 bits per heavy atom. The molecule has 0 aromatic carbocycles. The summed E-state index contributed by atoms with van der Waals surface area (Å²) in [5.74, 6) is 0.857. The summed E-state index contributed by atoms with van der Waals surface area (Å²) < 4.78 is 0. The summed E-state index contributed by atoms with van der Waals surface area (Å²) in [6.07, 6.45) is 10.5. The molecule has 0 saturated heterocycles. The summed E-state index contributed by atoms with van der Waals surface area (Å²) in [6, 6.07) is 0. The predicted molar refractivity (Wildman–Crippen MR) is 58.8 cm³/mol. The molecule has 0 spiro atoms. The average molecular weight is 197 g/mol. The van der Waals surface area contributed by atoms with Crippen molar-refractivity contribution in [3.05, 3.63) is 0 Å². The van der Waals surface area contributed by atoms with Gasteiger partial charge in [0, 0.05) is 5.92 Å². The highest BCUT2D eigenvalue weighted by molar-refractivity contribution is 5.76. The molecule has 82 valence electrons. The summed E-state index contributed by atoms with van der Waals surface area (Å²) in [7, 11) is 0. The fourth-order valence-corrected chi connectivity index (χ4v) is 2.33. The summed E-state index contributed by atoms with van der Waals surface area (Å²) >= 11 is 0. The molecule has 2 nitrogen and oxygen atoms in total. The number of nitrogens with two attached hydrogens (primary N) is 1. The minimum atomic E-state index is -0.145. The molecular weight excluding hydrogens is 174 g/mol. The van der Waals surface area contributed by atoms with Crippen LogP contribution in [-0.2, 0) is 4.79 Å². The molecule has 0 radical (unpaired) electrons. The van der Waals surface area contributed by atoms with Crippen LogP contribution in [0.25, 0.3) is 0 Å². The molecule has 0 aromatic heterocycles. The van der Waals surface area contributed by atoms with Crippen molar-refractivity contribution in [2.45, 2.75) is 58.3 Å². The van der Waals surface area contributed by atoms with Crippen LogP contribution < -0.4 is 5.73 Å². The summed E-state index contributed by atoms with van der Waals surface area (Å²) in [6.45, 7) is 1.93. The highest BCUT2D eigenvalue weighted by atomic mass is 16.1. The SMILES string of the molecule is CC(CCCC1CCCCC1)C(N)=O. The molecule has 0 aromatic rings. The third-order valence-corrected chi connectivity index (χ3v) is 3.46. The van der Waals surface area contributed by atoms with Crippen LogP contribution in [0.15, 0.2) is 0 Å². The fourth-order valence-electron chi connectivity index (χ4n) is 2.33. The van der Waals surface area contributed by atoms with Gasteiger partial charge in [-0.15, -0.1) is 0 Å². The second kappa shape index (κ2) is 6.05. The van der Waals surface area contributed by atoms with Gasteiger partial charge in [-0.1, -0.05) is 51.9 Å². The maximum absolute atomic E-state index is 10.8. The molecule has 0 aliphatic heterocycles. The number of carbonyl (C=O) groups excluding carboxylic acids is 1. The number of hydrogen-bond donors (Lipinski definition) is 1.